The molecule has 0 radical (unpaired) electrons. The van der Waals surface area contributed by atoms with Crippen LogP contribution in [0, 0.1) is 5.82 Å². The number of halogens is 1. The molecule has 1 N–H and O–H groups in total. The molecule has 1 aromatic heterocycles. The number of aromatic amines is 1. The van der Waals surface area contributed by atoms with Gasteiger partial charge in [0.15, 0.2) is 0 Å². The van der Waals surface area contributed by atoms with Crippen LogP contribution in [-0.4, -0.2) is 83.7 Å². The number of ketones is 1. The molecule has 8 nitrogen and oxygen atoms in total. The lowest BCUT2D eigenvalue weighted by Gasteiger charge is -2.44. The first-order valence-corrected chi connectivity index (χ1v) is 11.8. The Balaban J connectivity index is 1.60. The molecule has 2 atom stereocenters. The standard InChI is InChI=1S/C27H31FN4O4/c1-16-14-32(17(2)13-31(16)15-18-6-8-19(28)9-7-18)26(34)21-10-20-22(25(33)27(35)30(3)4)12-29-23(20)11-24(21)36-5/h6-12,16-17,29H,13-15H2,1-5H3/t16-,17+/m0/s1. The lowest BCUT2D eigenvalue weighted by atomic mass is 10.0. The van der Waals surface area contributed by atoms with Gasteiger partial charge in [-0.05, 0) is 37.6 Å². The Morgan fingerprint density at radius 3 is 2.39 bits per heavy atom. The van der Waals surface area contributed by atoms with Crippen molar-refractivity contribution in [1.82, 2.24) is 19.7 Å². The monoisotopic (exact) mass is 494 g/mol. The van der Waals surface area contributed by atoms with Gasteiger partial charge >= 0.3 is 0 Å². The van der Waals surface area contributed by atoms with Gasteiger partial charge in [0.05, 0.1) is 18.2 Å². The summed E-state index contributed by atoms with van der Waals surface area (Å²) >= 11 is 0. The molecule has 0 spiro atoms. The van der Waals surface area contributed by atoms with Crippen molar-refractivity contribution < 1.29 is 23.5 Å². The molecule has 1 aliphatic rings. The number of carbonyl (C=O) groups excluding carboxylic acids is 3. The maximum atomic E-state index is 13.7. The summed E-state index contributed by atoms with van der Waals surface area (Å²) in [6.07, 6.45) is 1.49. The summed E-state index contributed by atoms with van der Waals surface area (Å²) in [5.74, 6) is -1.36. The Morgan fingerprint density at radius 1 is 1.06 bits per heavy atom. The number of methoxy groups -OCH3 is 1. The minimum atomic E-state index is -0.647. The summed E-state index contributed by atoms with van der Waals surface area (Å²) in [5.41, 5.74) is 2.16. The second-order valence-corrected chi connectivity index (χ2v) is 9.54. The summed E-state index contributed by atoms with van der Waals surface area (Å²) in [6.45, 7) is 5.87. The number of carbonyl (C=O) groups is 3. The lowest BCUT2D eigenvalue weighted by Crippen LogP contribution is -2.57. The largest absolute Gasteiger partial charge is 0.496 e. The summed E-state index contributed by atoms with van der Waals surface area (Å²) in [7, 11) is 4.53. The first-order chi connectivity index (χ1) is 17.1. The van der Waals surface area contributed by atoms with Crippen LogP contribution in [0.4, 0.5) is 4.39 Å². The topological polar surface area (TPSA) is 85.9 Å². The van der Waals surface area contributed by atoms with Crippen molar-refractivity contribution >= 4 is 28.5 Å². The Kier molecular flexibility index (Phi) is 7.12. The molecule has 0 saturated carbocycles. The molecule has 0 aliphatic carbocycles. The van der Waals surface area contributed by atoms with E-state index in [4.69, 9.17) is 4.74 Å². The van der Waals surface area contributed by atoms with Crippen molar-refractivity contribution in [1.29, 1.82) is 0 Å². The number of aromatic nitrogens is 1. The van der Waals surface area contributed by atoms with Crippen molar-refractivity contribution in [3.05, 3.63) is 65.1 Å². The summed E-state index contributed by atoms with van der Waals surface area (Å²) < 4.78 is 18.8. The number of H-pyrrole nitrogens is 1. The highest BCUT2D eigenvalue weighted by molar-refractivity contribution is 6.44. The lowest BCUT2D eigenvalue weighted by molar-refractivity contribution is -0.124. The van der Waals surface area contributed by atoms with E-state index in [1.165, 1.54) is 44.4 Å². The summed E-state index contributed by atoms with van der Waals surface area (Å²) in [4.78, 5) is 47.1. The number of fused-ring (bicyclic) bond motifs is 1. The Hall–Kier alpha value is -3.72. The number of likely N-dealkylation sites (N-methyl/N-ethyl adjacent to an activating group) is 1. The van der Waals surface area contributed by atoms with E-state index in [9.17, 15) is 18.8 Å². The van der Waals surface area contributed by atoms with Gasteiger partial charge in [0, 0.05) is 69.0 Å². The van der Waals surface area contributed by atoms with Gasteiger partial charge in [-0.2, -0.15) is 0 Å². The highest BCUT2D eigenvalue weighted by Crippen LogP contribution is 2.31. The minimum Gasteiger partial charge on any atom is -0.496 e. The number of rotatable bonds is 6. The fourth-order valence-corrected chi connectivity index (χ4v) is 4.67. The highest BCUT2D eigenvalue weighted by Gasteiger charge is 2.34. The zero-order valence-corrected chi connectivity index (χ0v) is 21.2. The maximum absolute atomic E-state index is 13.7. The van der Waals surface area contributed by atoms with Crippen LogP contribution < -0.4 is 4.74 Å². The molecule has 1 fully saturated rings. The van der Waals surface area contributed by atoms with E-state index in [2.05, 4.69) is 16.8 Å². The van der Waals surface area contributed by atoms with Crippen molar-refractivity contribution in [2.24, 2.45) is 0 Å². The third-order valence-electron chi connectivity index (χ3n) is 6.75. The first kappa shape index (κ1) is 25.4. The molecule has 4 rings (SSSR count). The Bertz CT molecular complexity index is 1300. The van der Waals surface area contributed by atoms with E-state index in [-0.39, 0.29) is 29.4 Å². The molecule has 36 heavy (non-hydrogen) atoms. The van der Waals surface area contributed by atoms with E-state index in [0.717, 1.165) is 5.56 Å². The van der Waals surface area contributed by atoms with Gasteiger partial charge in [0.2, 0.25) is 0 Å². The average Bonchev–Trinajstić information content (AvgIpc) is 3.28. The van der Waals surface area contributed by atoms with Crippen molar-refractivity contribution in [3.63, 3.8) is 0 Å². The van der Waals surface area contributed by atoms with Crippen molar-refractivity contribution in [3.8, 4) is 5.75 Å². The predicted octanol–water partition coefficient (Wildman–Crippen LogP) is 3.32. The van der Waals surface area contributed by atoms with Gasteiger partial charge in [-0.25, -0.2) is 4.39 Å². The smallest absolute Gasteiger partial charge is 0.294 e. The number of nitrogens with one attached hydrogen (secondary N) is 1. The number of hydrogen-bond donors (Lipinski definition) is 1. The zero-order chi connectivity index (χ0) is 26.1. The zero-order valence-electron chi connectivity index (χ0n) is 21.2. The van der Waals surface area contributed by atoms with Gasteiger partial charge in [-0.15, -0.1) is 0 Å². The van der Waals surface area contributed by atoms with E-state index in [0.29, 0.717) is 41.9 Å². The van der Waals surface area contributed by atoms with Gasteiger partial charge in [-0.1, -0.05) is 12.1 Å². The quantitative estimate of drug-likeness (QED) is 0.420. The number of hydrogen-bond acceptors (Lipinski definition) is 5. The molecule has 2 aromatic carbocycles. The van der Waals surface area contributed by atoms with Crippen LogP contribution in [0.15, 0.2) is 42.6 Å². The third kappa shape index (κ3) is 4.83. The molecule has 1 saturated heterocycles. The van der Waals surface area contributed by atoms with Crippen LogP contribution in [0.25, 0.3) is 10.9 Å². The fraction of sp³-hybridized carbons (Fsp3) is 0.370. The molecule has 190 valence electrons. The predicted molar refractivity (Wildman–Crippen MR) is 135 cm³/mol. The van der Waals surface area contributed by atoms with Crippen molar-refractivity contribution in [2.45, 2.75) is 32.5 Å². The average molecular weight is 495 g/mol. The molecule has 0 bridgehead atoms. The van der Waals surface area contributed by atoms with Gasteiger partial charge in [-0.3, -0.25) is 19.3 Å². The maximum Gasteiger partial charge on any atom is 0.294 e. The molecular weight excluding hydrogens is 463 g/mol. The van der Waals surface area contributed by atoms with Crippen LogP contribution in [-0.2, 0) is 11.3 Å². The van der Waals surface area contributed by atoms with E-state index in [1.54, 1.807) is 24.3 Å². The van der Waals surface area contributed by atoms with Gasteiger partial charge < -0.3 is 19.5 Å². The van der Waals surface area contributed by atoms with Crippen LogP contribution in [0.2, 0.25) is 0 Å². The fourth-order valence-electron chi connectivity index (χ4n) is 4.67. The molecule has 0 unspecified atom stereocenters. The summed E-state index contributed by atoms with van der Waals surface area (Å²) in [6, 6.07) is 9.77. The van der Waals surface area contributed by atoms with Crippen LogP contribution in [0.1, 0.15) is 40.1 Å². The molecule has 1 aliphatic heterocycles. The number of ether oxygens (including phenoxy) is 1. The Labute approximate surface area is 209 Å². The van der Waals surface area contributed by atoms with E-state index >= 15 is 0 Å². The molecule has 2 amide bonds. The number of piperazine rings is 1. The number of nitrogens with zero attached hydrogens (tertiary/aromatic N) is 3. The van der Waals surface area contributed by atoms with Gasteiger partial charge in [0.1, 0.15) is 11.6 Å². The second-order valence-electron chi connectivity index (χ2n) is 9.54. The SMILES string of the molecule is COc1cc2[nH]cc(C(=O)C(=O)N(C)C)c2cc1C(=O)N1C[C@H](C)N(Cc2ccc(F)cc2)C[C@H]1C. The van der Waals surface area contributed by atoms with E-state index in [1.807, 2.05) is 11.8 Å². The molecular formula is C27H31FN4O4. The summed E-state index contributed by atoms with van der Waals surface area (Å²) in [5, 5.41) is 0.495. The van der Waals surface area contributed by atoms with Crippen LogP contribution in [0.5, 0.6) is 5.75 Å². The first-order valence-electron chi connectivity index (χ1n) is 11.8. The highest BCUT2D eigenvalue weighted by atomic mass is 19.1. The molecule has 3 aromatic rings. The number of benzene rings is 2. The minimum absolute atomic E-state index is 0.0760. The van der Waals surface area contributed by atoms with Crippen molar-refractivity contribution in [2.75, 3.05) is 34.3 Å². The number of amides is 2. The van der Waals surface area contributed by atoms with Crippen LogP contribution >= 0.6 is 0 Å². The van der Waals surface area contributed by atoms with Crippen LogP contribution in [0.3, 0.4) is 0 Å². The second kappa shape index (κ2) is 10.1. The molecule has 2 heterocycles. The van der Waals surface area contributed by atoms with E-state index < -0.39 is 11.7 Å². The molecule has 9 heteroatoms. The number of Topliss-reactive ketones (excluding diaryl/α,β-unsaturated/α-hetero) is 1. The third-order valence-corrected chi connectivity index (χ3v) is 6.75. The van der Waals surface area contributed by atoms with Gasteiger partial charge in [0.25, 0.3) is 17.6 Å². The Morgan fingerprint density at radius 2 is 1.75 bits per heavy atom. The normalized spacial score (nSPS) is 18.3.